The summed E-state index contributed by atoms with van der Waals surface area (Å²) in [6.45, 7) is 2.29. The van der Waals surface area contributed by atoms with Crippen LogP contribution in [0.2, 0.25) is 0 Å². The molecule has 2 aromatic rings. The number of ether oxygens (including phenoxy) is 1. The number of benzene rings is 2. The molecule has 0 unspecified atom stereocenters. The average Bonchev–Trinajstić information content (AvgIpc) is 2.56. The lowest BCUT2D eigenvalue weighted by atomic mass is 10.1. The lowest BCUT2D eigenvalue weighted by molar-refractivity contribution is -0.121. The van der Waals surface area contributed by atoms with Crippen molar-refractivity contribution in [1.29, 1.82) is 0 Å². The smallest absolute Gasteiger partial charge is 0.241 e. The van der Waals surface area contributed by atoms with E-state index in [0.29, 0.717) is 19.6 Å². The zero-order valence-corrected chi connectivity index (χ0v) is 13.0. The summed E-state index contributed by atoms with van der Waals surface area (Å²) in [6, 6.07) is 14.6. The fourth-order valence-corrected chi connectivity index (χ4v) is 2.80. The van der Waals surface area contributed by atoms with E-state index in [1.54, 1.807) is 11.0 Å². The number of rotatable bonds is 4. The van der Waals surface area contributed by atoms with Gasteiger partial charge in [-0.3, -0.25) is 9.69 Å². The Morgan fingerprint density at radius 2 is 1.91 bits per heavy atom. The SMILES string of the molecule is COc1ccc(CN2CCN(c3ccccc3)C(=O)C2)cc1F. The normalized spacial score (nSPS) is 15.7. The molecule has 120 valence electrons. The second-order valence-corrected chi connectivity index (χ2v) is 5.56. The summed E-state index contributed by atoms with van der Waals surface area (Å²) in [7, 11) is 1.44. The topological polar surface area (TPSA) is 32.8 Å². The Balaban J connectivity index is 1.64. The quantitative estimate of drug-likeness (QED) is 0.870. The largest absolute Gasteiger partial charge is 0.494 e. The Labute approximate surface area is 135 Å². The van der Waals surface area contributed by atoms with Gasteiger partial charge >= 0.3 is 0 Å². The van der Waals surface area contributed by atoms with E-state index < -0.39 is 0 Å². The van der Waals surface area contributed by atoms with Gasteiger partial charge in [0.15, 0.2) is 11.6 Å². The maximum absolute atomic E-state index is 13.7. The van der Waals surface area contributed by atoms with Crippen LogP contribution in [0.1, 0.15) is 5.56 Å². The number of methoxy groups -OCH3 is 1. The first-order chi connectivity index (χ1) is 11.2. The first-order valence-electron chi connectivity index (χ1n) is 7.57. The summed E-state index contributed by atoms with van der Waals surface area (Å²) in [4.78, 5) is 16.2. The highest BCUT2D eigenvalue weighted by Gasteiger charge is 2.25. The highest BCUT2D eigenvalue weighted by Crippen LogP contribution is 2.21. The van der Waals surface area contributed by atoms with Crippen molar-refractivity contribution in [3.8, 4) is 5.75 Å². The molecule has 0 spiro atoms. The third-order valence-electron chi connectivity index (χ3n) is 3.99. The number of piperazine rings is 1. The summed E-state index contributed by atoms with van der Waals surface area (Å²) < 4.78 is 18.7. The maximum Gasteiger partial charge on any atom is 0.241 e. The van der Waals surface area contributed by atoms with Gasteiger partial charge in [0.25, 0.3) is 0 Å². The van der Waals surface area contributed by atoms with Crippen molar-refractivity contribution in [1.82, 2.24) is 4.90 Å². The van der Waals surface area contributed by atoms with Gasteiger partial charge in [0, 0.05) is 25.3 Å². The fraction of sp³-hybridized carbons (Fsp3) is 0.278. The predicted octanol–water partition coefficient (Wildman–Crippen LogP) is 2.68. The molecule has 1 aliphatic heterocycles. The van der Waals surface area contributed by atoms with E-state index in [4.69, 9.17) is 4.74 Å². The van der Waals surface area contributed by atoms with E-state index in [2.05, 4.69) is 0 Å². The van der Waals surface area contributed by atoms with Gasteiger partial charge in [0.05, 0.1) is 13.7 Å². The van der Waals surface area contributed by atoms with Crippen molar-refractivity contribution in [3.05, 3.63) is 59.9 Å². The monoisotopic (exact) mass is 314 g/mol. The molecule has 0 radical (unpaired) electrons. The molecule has 1 saturated heterocycles. The van der Waals surface area contributed by atoms with Crippen molar-refractivity contribution in [2.24, 2.45) is 0 Å². The molecule has 1 fully saturated rings. The van der Waals surface area contributed by atoms with Gasteiger partial charge in [-0.2, -0.15) is 0 Å². The van der Waals surface area contributed by atoms with E-state index in [1.165, 1.54) is 13.2 Å². The Hall–Kier alpha value is -2.40. The van der Waals surface area contributed by atoms with Crippen LogP contribution >= 0.6 is 0 Å². The fourth-order valence-electron chi connectivity index (χ4n) is 2.80. The van der Waals surface area contributed by atoms with Crippen LogP contribution in [0.15, 0.2) is 48.5 Å². The third kappa shape index (κ3) is 3.51. The average molecular weight is 314 g/mol. The molecular weight excluding hydrogens is 295 g/mol. The Bertz CT molecular complexity index is 691. The maximum atomic E-state index is 13.7. The molecule has 2 aromatic carbocycles. The number of hydrogen-bond donors (Lipinski definition) is 0. The summed E-state index contributed by atoms with van der Waals surface area (Å²) in [5.74, 6) is -0.0746. The van der Waals surface area contributed by atoms with E-state index in [1.807, 2.05) is 41.3 Å². The summed E-state index contributed by atoms with van der Waals surface area (Å²) in [5, 5.41) is 0. The minimum absolute atomic E-state index is 0.0661. The molecule has 0 bridgehead atoms. The van der Waals surface area contributed by atoms with Gasteiger partial charge in [-0.15, -0.1) is 0 Å². The molecule has 0 N–H and O–H groups in total. The number of nitrogens with zero attached hydrogens (tertiary/aromatic N) is 2. The third-order valence-corrected chi connectivity index (χ3v) is 3.99. The molecule has 1 amide bonds. The molecule has 1 heterocycles. The number of para-hydroxylation sites is 1. The van der Waals surface area contributed by atoms with Gasteiger partial charge in [-0.05, 0) is 29.8 Å². The first kappa shape index (κ1) is 15.5. The predicted molar refractivity (Wildman–Crippen MR) is 87.0 cm³/mol. The molecular formula is C18H19FN2O2. The molecule has 23 heavy (non-hydrogen) atoms. The molecule has 0 aromatic heterocycles. The lowest BCUT2D eigenvalue weighted by Gasteiger charge is -2.34. The summed E-state index contributed by atoms with van der Waals surface area (Å²) in [5.41, 5.74) is 1.76. The summed E-state index contributed by atoms with van der Waals surface area (Å²) in [6.07, 6.45) is 0. The van der Waals surface area contributed by atoms with Crippen molar-refractivity contribution in [3.63, 3.8) is 0 Å². The number of carbonyl (C=O) groups is 1. The second-order valence-electron chi connectivity index (χ2n) is 5.56. The van der Waals surface area contributed by atoms with Gasteiger partial charge in [-0.25, -0.2) is 4.39 Å². The number of hydrogen-bond acceptors (Lipinski definition) is 3. The Kier molecular flexibility index (Phi) is 4.57. The van der Waals surface area contributed by atoms with E-state index in [-0.39, 0.29) is 17.5 Å². The van der Waals surface area contributed by atoms with Crippen molar-refractivity contribution < 1.29 is 13.9 Å². The van der Waals surface area contributed by atoms with Crippen LogP contribution in [0, 0.1) is 5.82 Å². The van der Waals surface area contributed by atoms with Crippen LogP contribution in [0.5, 0.6) is 5.75 Å². The van der Waals surface area contributed by atoms with Crippen molar-refractivity contribution in [2.75, 3.05) is 31.6 Å². The standard InChI is InChI=1S/C18H19FN2O2/c1-23-17-8-7-14(11-16(17)19)12-20-9-10-21(18(22)13-20)15-5-3-2-4-6-15/h2-8,11H,9-10,12-13H2,1H3. The Morgan fingerprint density at radius 1 is 1.13 bits per heavy atom. The molecule has 0 aliphatic carbocycles. The Morgan fingerprint density at radius 3 is 2.57 bits per heavy atom. The lowest BCUT2D eigenvalue weighted by Crippen LogP contribution is -2.50. The number of anilines is 1. The van der Waals surface area contributed by atoms with Gasteiger partial charge in [0.2, 0.25) is 5.91 Å². The number of halogens is 1. The zero-order chi connectivity index (χ0) is 16.2. The molecule has 1 aliphatic rings. The van der Waals surface area contributed by atoms with Crippen LogP contribution in [0.25, 0.3) is 0 Å². The van der Waals surface area contributed by atoms with Crippen LogP contribution in [-0.2, 0) is 11.3 Å². The molecule has 0 saturated carbocycles. The van der Waals surface area contributed by atoms with E-state index in [0.717, 1.165) is 17.8 Å². The van der Waals surface area contributed by atoms with Gasteiger partial charge < -0.3 is 9.64 Å². The van der Waals surface area contributed by atoms with E-state index >= 15 is 0 Å². The summed E-state index contributed by atoms with van der Waals surface area (Å²) >= 11 is 0. The molecule has 4 nitrogen and oxygen atoms in total. The van der Waals surface area contributed by atoms with Crippen LogP contribution in [0.4, 0.5) is 10.1 Å². The van der Waals surface area contributed by atoms with E-state index in [9.17, 15) is 9.18 Å². The van der Waals surface area contributed by atoms with Gasteiger partial charge in [-0.1, -0.05) is 24.3 Å². The number of carbonyl (C=O) groups excluding carboxylic acids is 1. The minimum Gasteiger partial charge on any atom is -0.494 e. The second kappa shape index (κ2) is 6.79. The highest BCUT2D eigenvalue weighted by molar-refractivity contribution is 5.95. The first-order valence-corrected chi connectivity index (χ1v) is 7.57. The molecule has 5 heteroatoms. The van der Waals surface area contributed by atoms with Crippen LogP contribution < -0.4 is 9.64 Å². The minimum atomic E-state index is -0.376. The van der Waals surface area contributed by atoms with Crippen molar-refractivity contribution >= 4 is 11.6 Å². The highest BCUT2D eigenvalue weighted by atomic mass is 19.1. The van der Waals surface area contributed by atoms with Crippen LogP contribution in [0.3, 0.4) is 0 Å². The zero-order valence-electron chi connectivity index (χ0n) is 13.0. The van der Waals surface area contributed by atoms with Crippen LogP contribution in [-0.4, -0.2) is 37.6 Å². The van der Waals surface area contributed by atoms with Crippen molar-refractivity contribution in [2.45, 2.75) is 6.54 Å². The van der Waals surface area contributed by atoms with Gasteiger partial charge in [0.1, 0.15) is 0 Å². The molecule has 0 atom stereocenters. The number of amides is 1. The molecule has 3 rings (SSSR count).